The normalized spacial score (nSPS) is 11.1. The minimum Gasteiger partial charge on any atom is -0.487 e. The van der Waals surface area contributed by atoms with Crippen molar-refractivity contribution < 1.29 is 27.4 Å². The van der Waals surface area contributed by atoms with Gasteiger partial charge in [-0.25, -0.2) is 4.79 Å². The summed E-state index contributed by atoms with van der Waals surface area (Å²) in [6.45, 7) is 2.89. The van der Waals surface area contributed by atoms with Crippen LogP contribution in [0, 0.1) is 0 Å². The van der Waals surface area contributed by atoms with Gasteiger partial charge in [-0.15, -0.1) is 0 Å². The second kappa shape index (κ2) is 9.48. The van der Waals surface area contributed by atoms with Crippen molar-refractivity contribution in [2.75, 3.05) is 30.5 Å². The Balaban J connectivity index is 2.12. The summed E-state index contributed by atoms with van der Waals surface area (Å²) in [7, 11) is 0. The molecule has 0 fully saturated rings. The molecule has 0 aliphatic carbocycles. The van der Waals surface area contributed by atoms with E-state index >= 15 is 0 Å². The number of hydrogen-bond acceptors (Lipinski definition) is 3. The molecular formula is C18H18ClF3N2O3. The summed E-state index contributed by atoms with van der Waals surface area (Å²) in [4.78, 5) is 12.2. The van der Waals surface area contributed by atoms with Crippen LogP contribution >= 0.6 is 11.6 Å². The molecule has 146 valence electrons. The van der Waals surface area contributed by atoms with E-state index in [1.165, 1.54) is 24.3 Å². The van der Waals surface area contributed by atoms with Crippen LogP contribution < -0.4 is 15.4 Å². The number of ether oxygens (including phenoxy) is 2. The Kier molecular flexibility index (Phi) is 7.32. The van der Waals surface area contributed by atoms with E-state index in [0.29, 0.717) is 13.2 Å². The highest BCUT2D eigenvalue weighted by molar-refractivity contribution is 6.32. The lowest BCUT2D eigenvalue weighted by atomic mass is 10.1. The van der Waals surface area contributed by atoms with Crippen LogP contribution in [0.5, 0.6) is 5.75 Å². The fourth-order valence-electron chi connectivity index (χ4n) is 2.22. The van der Waals surface area contributed by atoms with Crippen LogP contribution in [-0.2, 0) is 10.9 Å². The second-order valence-electron chi connectivity index (χ2n) is 5.28. The molecule has 0 bridgehead atoms. The van der Waals surface area contributed by atoms with Crippen LogP contribution in [0.25, 0.3) is 0 Å². The van der Waals surface area contributed by atoms with Crippen LogP contribution in [0.2, 0.25) is 5.02 Å². The first-order chi connectivity index (χ1) is 12.8. The number of halogens is 4. The van der Waals surface area contributed by atoms with Gasteiger partial charge < -0.3 is 20.1 Å². The van der Waals surface area contributed by atoms with E-state index in [1.807, 2.05) is 6.92 Å². The van der Waals surface area contributed by atoms with Crippen LogP contribution in [0.4, 0.5) is 29.3 Å². The third kappa shape index (κ3) is 6.04. The van der Waals surface area contributed by atoms with Crippen LogP contribution in [0.1, 0.15) is 12.5 Å². The Morgan fingerprint density at radius 1 is 1.04 bits per heavy atom. The third-order valence-corrected chi connectivity index (χ3v) is 3.67. The molecule has 0 atom stereocenters. The molecule has 2 N–H and O–H groups in total. The fourth-order valence-corrected chi connectivity index (χ4v) is 2.45. The number of carbonyl (C=O) groups is 1. The van der Waals surface area contributed by atoms with E-state index < -0.39 is 17.8 Å². The monoisotopic (exact) mass is 402 g/mol. The number of para-hydroxylation sites is 2. The molecule has 0 spiro atoms. The quantitative estimate of drug-likeness (QED) is 0.608. The third-order valence-electron chi connectivity index (χ3n) is 3.37. The highest BCUT2D eigenvalue weighted by Gasteiger charge is 2.33. The molecule has 0 aromatic heterocycles. The van der Waals surface area contributed by atoms with Gasteiger partial charge in [0.15, 0.2) is 5.75 Å². The molecule has 0 aliphatic rings. The standard InChI is InChI=1S/C18H18ClF3N2O3/c1-2-26-10-11-27-16-13(19)7-5-9-15(16)24-17(25)23-14-8-4-3-6-12(14)18(20,21)22/h3-9H,2,10-11H2,1H3,(H2,23,24,25). The first kappa shape index (κ1) is 20.9. The van der Waals surface area contributed by atoms with Crippen molar-refractivity contribution >= 4 is 29.0 Å². The van der Waals surface area contributed by atoms with Gasteiger partial charge in [0.1, 0.15) is 6.61 Å². The fraction of sp³-hybridized carbons (Fsp3) is 0.278. The smallest absolute Gasteiger partial charge is 0.418 e. The molecule has 5 nitrogen and oxygen atoms in total. The Hall–Kier alpha value is -2.45. The van der Waals surface area contributed by atoms with Gasteiger partial charge in [0.25, 0.3) is 0 Å². The molecule has 9 heteroatoms. The van der Waals surface area contributed by atoms with Crippen molar-refractivity contribution in [1.29, 1.82) is 0 Å². The van der Waals surface area contributed by atoms with E-state index in [0.717, 1.165) is 6.07 Å². The summed E-state index contributed by atoms with van der Waals surface area (Å²) in [5.41, 5.74) is -1.08. The summed E-state index contributed by atoms with van der Waals surface area (Å²) in [5, 5.41) is 4.90. The molecule has 2 aromatic rings. The number of alkyl halides is 3. The predicted octanol–water partition coefficient (Wildman–Crippen LogP) is 5.42. The Labute approximate surface area is 159 Å². The molecule has 27 heavy (non-hydrogen) atoms. The first-order valence-corrected chi connectivity index (χ1v) is 8.44. The number of rotatable bonds is 7. The van der Waals surface area contributed by atoms with Gasteiger partial charge in [-0.1, -0.05) is 29.8 Å². The number of amides is 2. The number of benzene rings is 2. The maximum atomic E-state index is 13.0. The van der Waals surface area contributed by atoms with E-state index in [-0.39, 0.29) is 28.8 Å². The summed E-state index contributed by atoms with van der Waals surface area (Å²) in [6, 6.07) is 8.51. The largest absolute Gasteiger partial charge is 0.487 e. The lowest BCUT2D eigenvalue weighted by Crippen LogP contribution is -2.22. The molecule has 0 saturated heterocycles. The molecule has 2 aromatic carbocycles. The zero-order chi connectivity index (χ0) is 19.9. The summed E-state index contributed by atoms with van der Waals surface area (Å²) < 4.78 is 49.8. The number of urea groups is 1. The van der Waals surface area contributed by atoms with E-state index in [9.17, 15) is 18.0 Å². The minimum absolute atomic E-state index is 0.199. The lowest BCUT2D eigenvalue weighted by Gasteiger charge is -2.16. The van der Waals surface area contributed by atoms with Gasteiger partial charge >= 0.3 is 12.2 Å². The molecule has 0 unspecified atom stereocenters. The molecule has 0 saturated carbocycles. The second-order valence-corrected chi connectivity index (χ2v) is 5.69. The summed E-state index contributed by atoms with van der Waals surface area (Å²) >= 11 is 6.08. The Bertz CT molecular complexity index is 785. The molecule has 2 rings (SSSR count). The molecule has 2 amide bonds. The minimum atomic E-state index is -4.59. The number of carbonyl (C=O) groups excluding carboxylic acids is 1. The van der Waals surface area contributed by atoms with Crippen molar-refractivity contribution in [3.8, 4) is 5.75 Å². The van der Waals surface area contributed by atoms with Crippen molar-refractivity contribution in [1.82, 2.24) is 0 Å². The maximum absolute atomic E-state index is 13.0. The van der Waals surface area contributed by atoms with Gasteiger partial charge in [-0.2, -0.15) is 13.2 Å². The highest BCUT2D eigenvalue weighted by Crippen LogP contribution is 2.35. The average Bonchev–Trinajstić information content (AvgIpc) is 2.60. The molecular weight excluding hydrogens is 385 g/mol. The topological polar surface area (TPSA) is 59.6 Å². The summed E-state index contributed by atoms with van der Waals surface area (Å²) in [6.07, 6.45) is -4.59. The van der Waals surface area contributed by atoms with Gasteiger partial charge in [0, 0.05) is 6.61 Å². The van der Waals surface area contributed by atoms with Gasteiger partial charge in [0.2, 0.25) is 0 Å². The SMILES string of the molecule is CCOCCOc1c(Cl)cccc1NC(=O)Nc1ccccc1C(F)(F)F. The van der Waals surface area contributed by atoms with Crippen molar-refractivity contribution in [2.24, 2.45) is 0 Å². The zero-order valence-corrected chi connectivity index (χ0v) is 15.2. The lowest BCUT2D eigenvalue weighted by molar-refractivity contribution is -0.136. The van der Waals surface area contributed by atoms with Gasteiger partial charge in [0.05, 0.1) is 28.6 Å². The highest BCUT2D eigenvalue weighted by atomic mass is 35.5. The number of hydrogen-bond donors (Lipinski definition) is 2. The van der Waals surface area contributed by atoms with Crippen molar-refractivity contribution in [3.63, 3.8) is 0 Å². The van der Waals surface area contributed by atoms with Crippen molar-refractivity contribution in [2.45, 2.75) is 13.1 Å². The van der Waals surface area contributed by atoms with Gasteiger partial charge in [-0.05, 0) is 31.2 Å². The number of nitrogens with one attached hydrogen (secondary N) is 2. The average molecular weight is 403 g/mol. The number of anilines is 2. The van der Waals surface area contributed by atoms with E-state index in [1.54, 1.807) is 12.1 Å². The van der Waals surface area contributed by atoms with Crippen LogP contribution in [0.3, 0.4) is 0 Å². The zero-order valence-electron chi connectivity index (χ0n) is 14.4. The Morgan fingerprint density at radius 2 is 1.70 bits per heavy atom. The predicted molar refractivity (Wildman–Crippen MR) is 97.5 cm³/mol. The first-order valence-electron chi connectivity index (χ1n) is 8.06. The Morgan fingerprint density at radius 3 is 2.41 bits per heavy atom. The molecule has 0 aliphatic heterocycles. The summed E-state index contributed by atoms with van der Waals surface area (Å²) in [5.74, 6) is 0.207. The van der Waals surface area contributed by atoms with E-state index in [4.69, 9.17) is 21.1 Å². The van der Waals surface area contributed by atoms with Crippen molar-refractivity contribution in [3.05, 3.63) is 53.1 Å². The van der Waals surface area contributed by atoms with Crippen LogP contribution in [-0.4, -0.2) is 25.9 Å². The molecule has 0 heterocycles. The molecule has 0 radical (unpaired) electrons. The maximum Gasteiger partial charge on any atom is 0.418 e. The van der Waals surface area contributed by atoms with Gasteiger partial charge in [-0.3, -0.25) is 0 Å². The van der Waals surface area contributed by atoms with E-state index in [2.05, 4.69) is 10.6 Å². The van der Waals surface area contributed by atoms with Crippen LogP contribution in [0.15, 0.2) is 42.5 Å².